The Balaban J connectivity index is 2.02. The molecule has 0 saturated heterocycles. The van der Waals surface area contributed by atoms with Crippen molar-refractivity contribution in [2.45, 2.75) is 11.3 Å². The van der Waals surface area contributed by atoms with Gasteiger partial charge in [-0.05, 0) is 36.2 Å². The zero-order valence-electron chi connectivity index (χ0n) is 13.9. The number of hydrogen-bond acceptors (Lipinski definition) is 5. The first-order chi connectivity index (χ1) is 11.5. The highest BCUT2D eigenvalue weighted by Gasteiger charge is 2.16. The second kappa shape index (κ2) is 8.03. The molecule has 2 aromatic carbocycles. The summed E-state index contributed by atoms with van der Waals surface area (Å²) < 4.78 is 42.7. The van der Waals surface area contributed by atoms with Crippen molar-refractivity contribution in [2.75, 3.05) is 27.9 Å². The van der Waals surface area contributed by atoms with Gasteiger partial charge in [-0.25, -0.2) is 13.1 Å². The molecule has 6 nitrogen and oxygen atoms in total. The van der Waals surface area contributed by atoms with Gasteiger partial charge in [-0.1, -0.05) is 12.1 Å². The van der Waals surface area contributed by atoms with E-state index in [1.807, 2.05) is 24.3 Å². The fraction of sp³-hybridized carbons (Fsp3) is 0.294. The zero-order chi connectivity index (χ0) is 17.6. The smallest absolute Gasteiger partial charge is 0.240 e. The summed E-state index contributed by atoms with van der Waals surface area (Å²) in [4.78, 5) is 0.134. The zero-order valence-corrected chi connectivity index (χ0v) is 14.7. The average molecular weight is 351 g/mol. The number of ether oxygens (including phenoxy) is 3. The van der Waals surface area contributed by atoms with E-state index in [0.29, 0.717) is 24.5 Å². The van der Waals surface area contributed by atoms with Gasteiger partial charge in [0.1, 0.15) is 5.75 Å². The summed E-state index contributed by atoms with van der Waals surface area (Å²) in [5.41, 5.74) is 1.02. The van der Waals surface area contributed by atoms with Gasteiger partial charge in [0.15, 0.2) is 11.5 Å². The van der Waals surface area contributed by atoms with E-state index in [1.54, 1.807) is 13.2 Å². The Labute approximate surface area is 142 Å². The number of methoxy groups -OCH3 is 3. The van der Waals surface area contributed by atoms with E-state index in [0.717, 1.165) is 11.3 Å². The number of hydrogen-bond donors (Lipinski definition) is 1. The fourth-order valence-electron chi connectivity index (χ4n) is 2.19. The second-order valence-electron chi connectivity index (χ2n) is 5.01. The van der Waals surface area contributed by atoms with Gasteiger partial charge in [-0.15, -0.1) is 0 Å². The van der Waals surface area contributed by atoms with Crippen LogP contribution >= 0.6 is 0 Å². The summed E-state index contributed by atoms with van der Waals surface area (Å²) in [6, 6.07) is 12.0. The minimum atomic E-state index is -3.61. The van der Waals surface area contributed by atoms with Gasteiger partial charge in [0.25, 0.3) is 0 Å². The standard InChI is InChI=1S/C17H21NO5S/c1-21-14-6-4-13(5-7-14)10-11-18-24(19,20)15-8-9-16(22-2)17(12-15)23-3/h4-9,12,18H,10-11H2,1-3H3. The Morgan fingerprint density at radius 3 is 2.12 bits per heavy atom. The third kappa shape index (κ3) is 4.39. The van der Waals surface area contributed by atoms with E-state index >= 15 is 0 Å². The van der Waals surface area contributed by atoms with Crippen molar-refractivity contribution >= 4 is 10.0 Å². The lowest BCUT2D eigenvalue weighted by molar-refractivity contribution is 0.354. The van der Waals surface area contributed by atoms with Crippen LogP contribution in [0.5, 0.6) is 17.2 Å². The number of rotatable bonds is 8. The minimum absolute atomic E-state index is 0.134. The number of benzene rings is 2. The molecule has 0 aliphatic heterocycles. The third-order valence-corrected chi connectivity index (χ3v) is 4.99. The van der Waals surface area contributed by atoms with Crippen LogP contribution in [0.3, 0.4) is 0 Å². The van der Waals surface area contributed by atoms with Crippen LogP contribution in [0.1, 0.15) is 5.56 Å². The van der Waals surface area contributed by atoms with Crippen molar-refractivity contribution in [1.29, 1.82) is 0 Å². The predicted octanol–water partition coefficient (Wildman–Crippen LogP) is 2.23. The Kier molecular flexibility index (Phi) is 6.05. The maximum atomic E-state index is 12.4. The van der Waals surface area contributed by atoms with Gasteiger partial charge in [-0.2, -0.15) is 0 Å². The van der Waals surface area contributed by atoms with Crippen molar-refractivity contribution < 1.29 is 22.6 Å². The van der Waals surface area contributed by atoms with E-state index in [4.69, 9.17) is 14.2 Å². The monoisotopic (exact) mass is 351 g/mol. The van der Waals surface area contributed by atoms with Crippen molar-refractivity contribution in [1.82, 2.24) is 4.72 Å². The quantitative estimate of drug-likeness (QED) is 0.789. The van der Waals surface area contributed by atoms with E-state index in [-0.39, 0.29) is 4.90 Å². The molecule has 0 fully saturated rings. The van der Waals surface area contributed by atoms with Crippen molar-refractivity contribution in [3.05, 3.63) is 48.0 Å². The van der Waals surface area contributed by atoms with E-state index < -0.39 is 10.0 Å². The van der Waals surface area contributed by atoms with Gasteiger partial charge in [0.2, 0.25) is 10.0 Å². The summed E-state index contributed by atoms with van der Waals surface area (Å²) in [6.45, 7) is 0.295. The molecule has 0 atom stereocenters. The lowest BCUT2D eigenvalue weighted by Crippen LogP contribution is -2.26. The highest BCUT2D eigenvalue weighted by atomic mass is 32.2. The van der Waals surface area contributed by atoms with Crippen LogP contribution in [0.25, 0.3) is 0 Å². The topological polar surface area (TPSA) is 73.9 Å². The van der Waals surface area contributed by atoms with Crippen LogP contribution < -0.4 is 18.9 Å². The van der Waals surface area contributed by atoms with Gasteiger partial charge >= 0.3 is 0 Å². The average Bonchev–Trinajstić information content (AvgIpc) is 2.61. The van der Waals surface area contributed by atoms with E-state index in [9.17, 15) is 8.42 Å². The van der Waals surface area contributed by atoms with Crippen LogP contribution in [0.4, 0.5) is 0 Å². The molecule has 2 aromatic rings. The van der Waals surface area contributed by atoms with Gasteiger partial charge in [0.05, 0.1) is 26.2 Å². The van der Waals surface area contributed by atoms with E-state index in [1.165, 1.54) is 26.4 Å². The first-order valence-corrected chi connectivity index (χ1v) is 8.83. The van der Waals surface area contributed by atoms with Gasteiger partial charge in [0, 0.05) is 12.6 Å². The van der Waals surface area contributed by atoms with E-state index in [2.05, 4.69) is 4.72 Å². The molecule has 0 spiro atoms. The molecule has 0 aromatic heterocycles. The molecule has 7 heteroatoms. The summed E-state index contributed by atoms with van der Waals surface area (Å²) in [5, 5.41) is 0. The molecule has 24 heavy (non-hydrogen) atoms. The Morgan fingerprint density at radius 1 is 0.875 bits per heavy atom. The molecule has 0 radical (unpaired) electrons. The molecule has 0 heterocycles. The second-order valence-corrected chi connectivity index (χ2v) is 6.78. The lowest BCUT2D eigenvalue weighted by atomic mass is 10.1. The molecule has 0 amide bonds. The van der Waals surface area contributed by atoms with Crippen molar-refractivity contribution in [3.63, 3.8) is 0 Å². The van der Waals surface area contributed by atoms with Crippen molar-refractivity contribution in [2.24, 2.45) is 0 Å². The predicted molar refractivity (Wildman–Crippen MR) is 91.4 cm³/mol. The maximum Gasteiger partial charge on any atom is 0.240 e. The normalized spacial score (nSPS) is 11.1. The van der Waals surface area contributed by atoms with Crippen LogP contribution in [-0.2, 0) is 16.4 Å². The Hall–Kier alpha value is -2.25. The minimum Gasteiger partial charge on any atom is -0.497 e. The maximum absolute atomic E-state index is 12.4. The molecule has 0 aliphatic rings. The molecule has 0 aliphatic carbocycles. The van der Waals surface area contributed by atoms with Crippen molar-refractivity contribution in [3.8, 4) is 17.2 Å². The summed E-state index contributed by atoms with van der Waals surface area (Å²) in [6.07, 6.45) is 0.580. The number of sulfonamides is 1. The Morgan fingerprint density at radius 2 is 1.54 bits per heavy atom. The molecular weight excluding hydrogens is 330 g/mol. The summed E-state index contributed by atoms with van der Waals surface area (Å²) in [7, 11) is 0.955. The molecular formula is C17H21NO5S. The molecule has 130 valence electrons. The third-order valence-electron chi connectivity index (χ3n) is 3.53. The molecule has 0 bridgehead atoms. The molecule has 0 unspecified atom stereocenters. The van der Waals surface area contributed by atoms with Crippen LogP contribution in [-0.4, -0.2) is 36.3 Å². The molecule has 1 N–H and O–H groups in total. The Bertz CT molecular complexity index is 772. The van der Waals surface area contributed by atoms with Crippen LogP contribution in [0, 0.1) is 0 Å². The summed E-state index contributed by atoms with van der Waals surface area (Å²) >= 11 is 0. The molecule has 0 saturated carbocycles. The van der Waals surface area contributed by atoms with Crippen LogP contribution in [0.2, 0.25) is 0 Å². The first kappa shape index (κ1) is 18.1. The number of nitrogens with one attached hydrogen (secondary N) is 1. The highest BCUT2D eigenvalue weighted by Crippen LogP contribution is 2.29. The summed E-state index contributed by atoms with van der Waals surface area (Å²) in [5.74, 6) is 1.62. The van der Waals surface area contributed by atoms with Gasteiger partial charge < -0.3 is 14.2 Å². The fourth-order valence-corrected chi connectivity index (χ4v) is 3.24. The van der Waals surface area contributed by atoms with Crippen LogP contribution in [0.15, 0.2) is 47.4 Å². The molecule has 2 rings (SSSR count). The van der Waals surface area contributed by atoms with Gasteiger partial charge in [-0.3, -0.25) is 0 Å². The SMILES string of the molecule is COc1ccc(CCNS(=O)(=O)c2ccc(OC)c(OC)c2)cc1. The highest BCUT2D eigenvalue weighted by molar-refractivity contribution is 7.89. The lowest BCUT2D eigenvalue weighted by Gasteiger charge is -2.11. The largest absolute Gasteiger partial charge is 0.497 e. The first-order valence-electron chi connectivity index (χ1n) is 7.35.